The molecular weight excluding hydrogens is 683 g/mol. The molecule has 200 valence electrons. The molecular formula is C30H24Br2Cl2N2O2S. The summed E-state index contributed by atoms with van der Waals surface area (Å²) >= 11 is 19.2. The van der Waals surface area contributed by atoms with Gasteiger partial charge in [0.25, 0.3) is 0 Å². The highest BCUT2D eigenvalue weighted by Crippen LogP contribution is 2.38. The first kappa shape index (κ1) is 29.4. The molecule has 4 nitrogen and oxygen atoms in total. The molecule has 0 radical (unpaired) electrons. The van der Waals surface area contributed by atoms with E-state index < -0.39 is 20.3 Å². The van der Waals surface area contributed by atoms with Crippen molar-refractivity contribution in [3.63, 3.8) is 0 Å². The molecule has 39 heavy (non-hydrogen) atoms. The third-order valence-corrected chi connectivity index (χ3v) is 9.91. The summed E-state index contributed by atoms with van der Waals surface area (Å²) in [5.74, 6) is 0. The molecule has 0 spiro atoms. The second-order valence-corrected chi connectivity index (χ2v) is 13.7. The van der Waals surface area contributed by atoms with Crippen LogP contribution in [0.1, 0.15) is 32.8 Å². The predicted molar refractivity (Wildman–Crippen MR) is 172 cm³/mol. The van der Waals surface area contributed by atoms with Gasteiger partial charge in [-0.3, -0.25) is 0 Å². The van der Waals surface area contributed by atoms with Crippen molar-refractivity contribution >= 4 is 88.4 Å². The predicted octanol–water partition coefficient (Wildman–Crippen LogP) is 9.31. The van der Waals surface area contributed by atoms with E-state index in [4.69, 9.17) is 34.7 Å². The largest absolute Gasteiger partial charge is 0.398 e. The lowest BCUT2D eigenvalue weighted by Crippen LogP contribution is -2.19. The smallest absolute Gasteiger partial charge is 0.171 e. The summed E-state index contributed by atoms with van der Waals surface area (Å²) in [6.45, 7) is 0. The van der Waals surface area contributed by atoms with Gasteiger partial charge in [0, 0.05) is 30.4 Å². The molecule has 0 aliphatic rings. The van der Waals surface area contributed by atoms with E-state index in [0.717, 1.165) is 8.95 Å². The first-order valence-electron chi connectivity index (χ1n) is 11.7. The van der Waals surface area contributed by atoms with Gasteiger partial charge >= 0.3 is 0 Å². The zero-order valence-corrected chi connectivity index (χ0v) is 25.9. The highest BCUT2D eigenvalue weighted by atomic mass is 79.9. The van der Waals surface area contributed by atoms with Crippen molar-refractivity contribution in [2.75, 3.05) is 11.5 Å². The molecule has 4 rings (SSSR count). The van der Waals surface area contributed by atoms with Crippen molar-refractivity contribution in [3.05, 3.63) is 138 Å². The van der Waals surface area contributed by atoms with E-state index in [1.807, 2.05) is 24.3 Å². The van der Waals surface area contributed by atoms with Gasteiger partial charge in [-0.15, -0.1) is 0 Å². The first-order chi connectivity index (χ1) is 18.5. The van der Waals surface area contributed by atoms with Crippen LogP contribution in [0.2, 0.25) is 10.0 Å². The number of anilines is 2. The second kappa shape index (κ2) is 12.7. The van der Waals surface area contributed by atoms with Crippen molar-refractivity contribution in [2.45, 2.75) is 10.5 Å². The molecule has 4 aromatic rings. The molecule has 0 saturated heterocycles. The van der Waals surface area contributed by atoms with Crippen LogP contribution in [0.25, 0.3) is 12.2 Å². The Morgan fingerprint density at radius 2 is 0.974 bits per heavy atom. The third-order valence-electron chi connectivity index (χ3n) is 6.10. The monoisotopic (exact) mass is 704 g/mol. The van der Waals surface area contributed by atoms with Crippen molar-refractivity contribution < 1.29 is 8.42 Å². The normalized spacial score (nSPS) is 13.6. The highest BCUT2D eigenvalue weighted by molar-refractivity contribution is 9.10. The fourth-order valence-electron chi connectivity index (χ4n) is 4.05. The zero-order chi connectivity index (χ0) is 28.2. The Morgan fingerprint density at radius 3 is 1.33 bits per heavy atom. The maximum absolute atomic E-state index is 14.5. The van der Waals surface area contributed by atoms with E-state index in [-0.39, 0.29) is 0 Å². The molecule has 2 unspecified atom stereocenters. The van der Waals surface area contributed by atoms with Crippen molar-refractivity contribution in [1.82, 2.24) is 0 Å². The standard InChI is InChI=1S/C30H24Br2Cl2N2O2S/c31-23-7-1-19(2-8-23)29(15-5-21-17-25(33)11-13-27(21)35)39(37,38)30(20-3-9-24(32)10-4-20)16-6-22-18-26(34)12-14-28(22)36/h1-18,29-30H,35-36H2. The van der Waals surface area contributed by atoms with E-state index in [2.05, 4.69) is 31.9 Å². The number of benzene rings is 4. The lowest BCUT2D eigenvalue weighted by atomic mass is 10.1. The molecule has 4 aromatic carbocycles. The molecule has 9 heteroatoms. The summed E-state index contributed by atoms with van der Waals surface area (Å²) in [6, 6.07) is 24.6. The lowest BCUT2D eigenvalue weighted by molar-refractivity contribution is 0.584. The van der Waals surface area contributed by atoms with Gasteiger partial charge in [0.05, 0.1) is 0 Å². The molecule has 0 aromatic heterocycles. The summed E-state index contributed by atoms with van der Waals surface area (Å²) < 4.78 is 30.7. The van der Waals surface area contributed by atoms with Crippen LogP contribution in [0.15, 0.2) is 106 Å². The molecule has 0 amide bonds. The fraction of sp³-hybridized carbons (Fsp3) is 0.0667. The fourth-order valence-corrected chi connectivity index (χ4v) is 6.92. The number of rotatable bonds is 8. The van der Waals surface area contributed by atoms with Crippen molar-refractivity contribution in [3.8, 4) is 0 Å². The van der Waals surface area contributed by atoms with Crippen LogP contribution < -0.4 is 11.5 Å². The Hall–Kier alpha value is -2.55. The number of nitrogens with two attached hydrogens (primary N) is 2. The molecule has 2 atom stereocenters. The Labute approximate surface area is 255 Å². The summed E-state index contributed by atoms with van der Waals surface area (Å²) in [5.41, 5.74) is 15.7. The van der Waals surface area contributed by atoms with Crippen LogP contribution in [0.5, 0.6) is 0 Å². The number of hydrogen-bond acceptors (Lipinski definition) is 4. The Kier molecular flexibility index (Phi) is 9.62. The lowest BCUT2D eigenvalue weighted by Gasteiger charge is -2.22. The van der Waals surface area contributed by atoms with Gasteiger partial charge in [-0.05, 0) is 82.9 Å². The second-order valence-electron chi connectivity index (χ2n) is 8.80. The van der Waals surface area contributed by atoms with Crippen molar-refractivity contribution in [1.29, 1.82) is 0 Å². The number of hydrogen-bond donors (Lipinski definition) is 2. The quantitative estimate of drug-likeness (QED) is 0.179. The van der Waals surface area contributed by atoms with Crippen LogP contribution in [0, 0.1) is 0 Å². The topological polar surface area (TPSA) is 86.2 Å². The summed E-state index contributed by atoms with van der Waals surface area (Å²) in [5, 5.41) is -0.999. The summed E-state index contributed by atoms with van der Waals surface area (Å²) in [4.78, 5) is 0. The molecule has 0 fully saturated rings. The summed E-state index contributed by atoms with van der Waals surface area (Å²) in [6.07, 6.45) is 6.69. The first-order valence-corrected chi connectivity index (χ1v) is 15.7. The Balaban J connectivity index is 1.87. The van der Waals surface area contributed by atoms with Crippen LogP contribution in [-0.2, 0) is 9.84 Å². The van der Waals surface area contributed by atoms with Crippen molar-refractivity contribution in [2.24, 2.45) is 0 Å². The number of nitrogen functional groups attached to an aromatic ring is 2. The van der Waals surface area contributed by atoms with E-state index in [1.165, 1.54) is 0 Å². The van der Waals surface area contributed by atoms with E-state index >= 15 is 0 Å². The minimum absolute atomic E-state index is 0.489. The van der Waals surface area contributed by atoms with E-state index in [0.29, 0.717) is 43.7 Å². The minimum Gasteiger partial charge on any atom is -0.398 e. The Morgan fingerprint density at radius 1 is 0.615 bits per heavy atom. The molecule has 0 aliphatic carbocycles. The average Bonchev–Trinajstić information content (AvgIpc) is 2.90. The molecule has 0 heterocycles. The third kappa shape index (κ3) is 7.35. The van der Waals surface area contributed by atoms with E-state index in [9.17, 15) is 8.42 Å². The van der Waals surface area contributed by atoms with Gasteiger partial charge in [0.1, 0.15) is 10.5 Å². The number of halogens is 4. The molecule has 0 bridgehead atoms. The van der Waals surface area contributed by atoms with Crippen LogP contribution in [0.3, 0.4) is 0 Å². The Bertz CT molecular complexity index is 1520. The van der Waals surface area contributed by atoms with Gasteiger partial charge in [0.15, 0.2) is 9.84 Å². The maximum Gasteiger partial charge on any atom is 0.171 e. The van der Waals surface area contributed by atoms with Crippen LogP contribution in [-0.4, -0.2) is 8.42 Å². The SMILES string of the molecule is Nc1ccc(Cl)cc1C=CC(c1ccc(Br)cc1)S(=O)(=O)C(C=Cc1cc(Cl)ccc1N)c1ccc(Br)cc1. The summed E-state index contributed by atoms with van der Waals surface area (Å²) in [7, 11) is -3.93. The average molecular weight is 707 g/mol. The highest BCUT2D eigenvalue weighted by Gasteiger charge is 2.33. The zero-order valence-electron chi connectivity index (χ0n) is 20.4. The van der Waals surface area contributed by atoms with Crippen LogP contribution >= 0.6 is 55.1 Å². The van der Waals surface area contributed by atoms with Gasteiger partial charge in [-0.25, -0.2) is 8.42 Å². The van der Waals surface area contributed by atoms with Gasteiger partial charge < -0.3 is 11.5 Å². The van der Waals surface area contributed by atoms with Gasteiger partial charge in [0.2, 0.25) is 0 Å². The number of sulfone groups is 1. The van der Waals surface area contributed by atoms with Gasteiger partial charge in [-0.2, -0.15) is 0 Å². The maximum atomic E-state index is 14.5. The molecule has 0 saturated carbocycles. The minimum atomic E-state index is -3.93. The van der Waals surface area contributed by atoms with E-state index in [1.54, 1.807) is 85.0 Å². The van der Waals surface area contributed by atoms with Gasteiger partial charge in [-0.1, -0.05) is 104 Å². The van der Waals surface area contributed by atoms with Crippen LogP contribution in [0.4, 0.5) is 11.4 Å². The molecule has 4 N–H and O–H groups in total. The molecule has 0 aliphatic heterocycles.